The second-order valence-electron chi connectivity index (χ2n) is 3.99. The molecule has 0 unspecified atom stereocenters. The standard InChI is InChI=1S/C14H14BrNO3S/c1-2-18-13-4-3-9(5-12(13)16)14(17)19-7-11-6-10(15)8-20-11/h3-6,8H,2,7,16H2,1H3. The van der Waals surface area contributed by atoms with Gasteiger partial charge in [-0.15, -0.1) is 11.3 Å². The highest BCUT2D eigenvalue weighted by molar-refractivity contribution is 9.10. The predicted octanol–water partition coefficient (Wildman–Crippen LogP) is 3.85. The Morgan fingerprint density at radius 1 is 1.40 bits per heavy atom. The summed E-state index contributed by atoms with van der Waals surface area (Å²) in [4.78, 5) is 12.9. The average molecular weight is 356 g/mol. The molecule has 20 heavy (non-hydrogen) atoms. The molecule has 6 heteroatoms. The molecule has 0 spiro atoms. The molecule has 4 nitrogen and oxygen atoms in total. The van der Waals surface area contributed by atoms with Crippen LogP contribution in [0.5, 0.6) is 5.75 Å². The van der Waals surface area contributed by atoms with Gasteiger partial charge in [-0.25, -0.2) is 4.79 Å². The van der Waals surface area contributed by atoms with Gasteiger partial charge in [0.15, 0.2) is 0 Å². The summed E-state index contributed by atoms with van der Waals surface area (Å²) in [7, 11) is 0. The summed E-state index contributed by atoms with van der Waals surface area (Å²) < 4.78 is 11.5. The van der Waals surface area contributed by atoms with E-state index in [1.54, 1.807) is 18.2 Å². The van der Waals surface area contributed by atoms with E-state index in [-0.39, 0.29) is 6.61 Å². The lowest BCUT2D eigenvalue weighted by atomic mass is 10.2. The van der Waals surface area contributed by atoms with E-state index in [1.807, 2.05) is 18.4 Å². The SMILES string of the molecule is CCOc1ccc(C(=O)OCc2cc(Br)cs2)cc1N. The first-order chi connectivity index (χ1) is 9.60. The lowest BCUT2D eigenvalue weighted by Crippen LogP contribution is -2.06. The monoisotopic (exact) mass is 355 g/mol. The van der Waals surface area contributed by atoms with Gasteiger partial charge in [-0.05, 0) is 47.1 Å². The van der Waals surface area contributed by atoms with E-state index in [2.05, 4.69) is 15.9 Å². The van der Waals surface area contributed by atoms with Gasteiger partial charge in [0.1, 0.15) is 12.4 Å². The van der Waals surface area contributed by atoms with E-state index >= 15 is 0 Å². The molecule has 0 atom stereocenters. The summed E-state index contributed by atoms with van der Waals surface area (Å²) >= 11 is 4.89. The van der Waals surface area contributed by atoms with Crippen LogP contribution in [0, 0.1) is 0 Å². The van der Waals surface area contributed by atoms with E-state index in [0.29, 0.717) is 23.6 Å². The van der Waals surface area contributed by atoms with Crippen molar-refractivity contribution in [2.75, 3.05) is 12.3 Å². The van der Waals surface area contributed by atoms with Crippen LogP contribution < -0.4 is 10.5 Å². The Labute approximate surface area is 129 Å². The van der Waals surface area contributed by atoms with Gasteiger partial charge < -0.3 is 15.2 Å². The molecule has 0 aliphatic rings. The molecule has 0 bridgehead atoms. The van der Waals surface area contributed by atoms with Gasteiger partial charge in [-0.3, -0.25) is 0 Å². The Balaban J connectivity index is 2.00. The van der Waals surface area contributed by atoms with E-state index in [0.717, 1.165) is 9.35 Å². The molecule has 0 saturated heterocycles. The topological polar surface area (TPSA) is 61.5 Å². The minimum Gasteiger partial charge on any atom is -0.492 e. The van der Waals surface area contributed by atoms with Crippen molar-refractivity contribution in [2.45, 2.75) is 13.5 Å². The number of hydrogen-bond donors (Lipinski definition) is 1. The molecule has 2 rings (SSSR count). The molecule has 2 N–H and O–H groups in total. The number of halogens is 1. The van der Waals surface area contributed by atoms with Gasteiger partial charge >= 0.3 is 5.97 Å². The maximum atomic E-state index is 11.9. The normalized spacial score (nSPS) is 10.3. The van der Waals surface area contributed by atoms with Gasteiger partial charge in [-0.2, -0.15) is 0 Å². The second kappa shape index (κ2) is 6.76. The summed E-state index contributed by atoms with van der Waals surface area (Å²) in [6.07, 6.45) is 0. The third kappa shape index (κ3) is 3.74. The second-order valence-corrected chi connectivity index (χ2v) is 5.90. The van der Waals surface area contributed by atoms with E-state index in [4.69, 9.17) is 15.2 Å². The first-order valence-corrected chi connectivity index (χ1v) is 7.69. The molecule has 1 aromatic heterocycles. The molecular formula is C14H14BrNO3S. The van der Waals surface area contributed by atoms with Crippen LogP contribution in [0.25, 0.3) is 0 Å². The minimum absolute atomic E-state index is 0.252. The maximum Gasteiger partial charge on any atom is 0.338 e. The van der Waals surface area contributed by atoms with Crippen molar-refractivity contribution in [3.63, 3.8) is 0 Å². The number of nitrogen functional groups attached to an aromatic ring is 1. The Kier molecular flexibility index (Phi) is 5.03. The van der Waals surface area contributed by atoms with Gasteiger partial charge in [0.25, 0.3) is 0 Å². The number of hydrogen-bond acceptors (Lipinski definition) is 5. The molecular weight excluding hydrogens is 342 g/mol. The number of rotatable bonds is 5. The fraction of sp³-hybridized carbons (Fsp3) is 0.214. The fourth-order valence-electron chi connectivity index (χ4n) is 1.61. The number of carbonyl (C=O) groups excluding carboxylic acids is 1. The van der Waals surface area contributed by atoms with Crippen molar-refractivity contribution >= 4 is 38.9 Å². The van der Waals surface area contributed by atoms with Gasteiger partial charge in [-0.1, -0.05) is 0 Å². The van der Waals surface area contributed by atoms with Crippen LogP contribution in [0.2, 0.25) is 0 Å². The summed E-state index contributed by atoms with van der Waals surface area (Å²) in [5.74, 6) is 0.176. The number of esters is 1. The number of nitrogens with two attached hydrogens (primary N) is 1. The van der Waals surface area contributed by atoms with Crippen molar-refractivity contribution in [1.29, 1.82) is 0 Å². The molecule has 0 aliphatic heterocycles. The number of anilines is 1. The molecule has 0 aliphatic carbocycles. The highest BCUT2D eigenvalue weighted by atomic mass is 79.9. The molecule has 2 aromatic rings. The molecule has 0 fully saturated rings. The summed E-state index contributed by atoms with van der Waals surface area (Å²) in [5.41, 5.74) is 6.67. The average Bonchev–Trinajstić information content (AvgIpc) is 2.84. The molecule has 0 amide bonds. The summed E-state index contributed by atoms with van der Waals surface area (Å²) in [5, 5.41) is 1.94. The van der Waals surface area contributed by atoms with Crippen LogP contribution in [-0.4, -0.2) is 12.6 Å². The van der Waals surface area contributed by atoms with Gasteiger partial charge in [0, 0.05) is 14.7 Å². The van der Waals surface area contributed by atoms with Crippen molar-refractivity contribution in [3.05, 3.63) is 44.6 Å². The highest BCUT2D eigenvalue weighted by Crippen LogP contribution is 2.24. The molecule has 106 valence electrons. The van der Waals surface area contributed by atoms with Gasteiger partial charge in [0.2, 0.25) is 0 Å². The van der Waals surface area contributed by atoms with Crippen LogP contribution in [0.4, 0.5) is 5.69 Å². The zero-order valence-corrected chi connectivity index (χ0v) is 13.3. The largest absolute Gasteiger partial charge is 0.492 e. The van der Waals surface area contributed by atoms with E-state index in [1.165, 1.54) is 11.3 Å². The molecule has 0 saturated carbocycles. The Morgan fingerprint density at radius 3 is 2.80 bits per heavy atom. The molecule has 1 aromatic carbocycles. The predicted molar refractivity (Wildman–Crippen MR) is 83.2 cm³/mol. The highest BCUT2D eigenvalue weighted by Gasteiger charge is 2.11. The van der Waals surface area contributed by atoms with Crippen molar-refractivity contribution < 1.29 is 14.3 Å². The number of benzene rings is 1. The third-order valence-electron chi connectivity index (χ3n) is 2.51. The number of ether oxygens (including phenoxy) is 2. The lowest BCUT2D eigenvalue weighted by Gasteiger charge is -2.08. The fourth-order valence-corrected chi connectivity index (χ4v) is 2.97. The maximum absolute atomic E-state index is 11.9. The van der Waals surface area contributed by atoms with Crippen LogP contribution in [0.1, 0.15) is 22.2 Å². The zero-order chi connectivity index (χ0) is 14.5. The summed E-state index contributed by atoms with van der Waals surface area (Å²) in [6.45, 7) is 2.66. The van der Waals surface area contributed by atoms with Crippen molar-refractivity contribution in [3.8, 4) is 5.75 Å². The summed E-state index contributed by atoms with van der Waals surface area (Å²) in [6, 6.07) is 6.81. The quantitative estimate of drug-likeness (QED) is 0.653. The smallest absolute Gasteiger partial charge is 0.338 e. The van der Waals surface area contributed by atoms with Crippen molar-refractivity contribution in [2.24, 2.45) is 0 Å². The van der Waals surface area contributed by atoms with Crippen LogP contribution in [0.15, 0.2) is 34.1 Å². The van der Waals surface area contributed by atoms with Crippen LogP contribution >= 0.6 is 27.3 Å². The van der Waals surface area contributed by atoms with Crippen LogP contribution in [-0.2, 0) is 11.3 Å². The van der Waals surface area contributed by atoms with E-state index < -0.39 is 5.97 Å². The minimum atomic E-state index is -0.399. The first-order valence-electron chi connectivity index (χ1n) is 6.02. The Morgan fingerprint density at radius 2 is 2.20 bits per heavy atom. The van der Waals surface area contributed by atoms with Gasteiger partial charge in [0.05, 0.1) is 17.9 Å². The third-order valence-corrected chi connectivity index (χ3v) is 4.18. The van der Waals surface area contributed by atoms with Crippen LogP contribution in [0.3, 0.4) is 0 Å². The van der Waals surface area contributed by atoms with E-state index in [9.17, 15) is 4.79 Å². The lowest BCUT2D eigenvalue weighted by molar-refractivity contribution is 0.0477. The number of carbonyl (C=O) groups is 1. The van der Waals surface area contributed by atoms with Crippen molar-refractivity contribution in [1.82, 2.24) is 0 Å². The first kappa shape index (κ1) is 14.9. The molecule has 1 heterocycles. The Hall–Kier alpha value is -1.53. The zero-order valence-electron chi connectivity index (χ0n) is 10.9. The number of thiophene rings is 1. The molecule has 0 radical (unpaired) electrons. The Bertz CT molecular complexity index is 612.